The molecule has 0 spiro atoms. The van der Waals surface area contributed by atoms with Gasteiger partial charge in [-0.1, -0.05) is 34.8 Å². The fourth-order valence-electron chi connectivity index (χ4n) is 2.33. The Morgan fingerprint density at radius 1 is 0.815 bits per heavy atom. The van der Waals surface area contributed by atoms with Gasteiger partial charge in [-0.25, -0.2) is 0 Å². The first-order valence-corrected chi connectivity index (χ1v) is 9.56. The third kappa shape index (κ3) is 5.34. The summed E-state index contributed by atoms with van der Waals surface area (Å²) in [7, 11) is 0. The number of ether oxygens (including phenoxy) is 3. The summed E-state index contributed by atoms with van der Waals surface area (Å²) >= 11 is 18.1. The topological polar surface area (TPSA) is 56.8 Å². The minimum atomic E-state index is -0.403. The number of hydrogen-bond donors (Lipinski definition) is 1. The second-order valence-corrected chi connectivity index (χ2v) is 6.52. The van der Waals surface area contributed by atoms with Gasteiger partial charge in [-0.2, -0.15) is 0 Å². The number of carbonyl (C=O) groups excluding carboxylic acids is 1. The van der Waals surface area contributed by atoms with Crippen molar-refractivity contribution >= 4 is 46.4 Å². The van der Waals surface area contributed by atoms with Crippen molar-refractivity contribution in [2.24, 2.45) is 0 Å². The van der Waals surface area contributed by atoms with E-state index in [9.17, 15) is 4.79 Å². The molecule has 0 aromatic heterocycles. The molecule has 0 aliphatic rings. The molecule has 0 aliphatic carbocycles. The molecule has 0 heterocycles. The standard InChI is InChI=1S/C19H20Cl3NO4/c1-4-25-16-7-11(8-17(26-5-2)18(16)27-6-3)19(24)23-15-10-13(21)12(20)9-14(15)22/h7-10H,4-6H2,1-3H3,(H,23,24). The number of hydrogen-bond acceptors (Lipinski definition) is 4. The molecule has 0 aliphatic heterocycles. The van der Waals surface area contributed by atoms with Crippen LogP contribution in [0, 0.1) is 0 Å². The van der Waals surface area contributed by atoms with Crippen LogP contribution in [0.15, 0.2) is 24.3 Å². The van der Waals surface area contributed by atoms with Crippen LogP contribution in [-0.4, -0.2) is 25.7 Å². The molecule has 2 aromatic rings. The van der Waals surface area contributed by atoms with E-state index in [-0.39, 0.29) is 10.0 Å². The smallest absolute Gasteiger partial charge is 0.255 e. The highest BCUT2D eigenvalue weighted by molar-refractivity contribution is 6.44. The molecule has 2 aromatic carbocycles. The van der Waals surface area contributed by atoms with E-state index in [1.54, 1.807) is 12.1 Å². The van der Waals surface area contributed by atoms with Crippen molar-refractivity contribution in [1.82, 2.24) is 0 Å². The van der Waals surface area contributed by atoms with Crippen molar-refractivity contribution in [2.75, 3.05) is 25.1 Å². The van der Waals surface area contributed by atoms with Gasteiger partial charge in [-0.15, -0.1) is 0 Å². The Morgan fingerprint density at radius 3 is 1.85 bits per heavy atom. The highest BCUT2D eigenvalue weighted by Crippen LogP contribution is 2.39. The first kappa shape index (κ1) is 21.5. The largest absolute Gasteiger partial charge is 0.490 e. The van der Waals surface area contributed by atoms with Crippen molar-refractivity contribution in [3.63, 3.8) is 0 Å². The Balaban J connectivity index is 2.41. The van der Waals surface area contributed by atoms with E-state index in [0.29, 0.717) is 53.3 Å². The summed E-state index contributed by atoms with van der Waals surface area (Å²) in [6.07, 6.45) is 0. The van der Waals surface area contributed by atoms with Gasteiger partial charge < -0.3 is 19.5 Å². The van der Waals surface area contributed by atoms with E-state index in [2.05, 4.69) is 5.32 Å². The van der Waals surface area contributed by atoms with Crippen LogP contribution in [-0.2, 0) is 0 Å². The van der Waals surface area contributed by atoms with Crippen LogP contribution < -0.4 is 19.5 Å². The Hall–Kier alpha value is -1.82. The zero-order chi connectivity index (χ0) is 20.0. The lowest BCUT2D eigenvalue weighted by Crippen LogP contribution is -2.13. The molecule has 5 nitrogen and oxygen atoms in total. The zero-order valence-corrected chi connectivity index (χ0v) is 17.5. The maximum absolute atomic E-state index is 12.7. The van der Waals surface area contributed by atoms with Crippen LogP contribution in [0.4, 0.5) is 5.69 Å². The van der Waals surface area contributed by atoms with Crippen molar-refractivity contribution in [1.29, 1.82) is 0 Å². The summed E-state index contributed by atoms with van der Waals surface area (Å²) in [5.41, 5.74) is 0.674. The van der Waals surface area contributed by atoms with Crippen molar-refractivity contribution in [3.8, 4) is 17.2 Å². The molecule has 0 unspecified atom stereocenters. The average molecular weight is 433 g/mol. The van der Waals surface area contributed by atoms with E-state index in [1.165, 1.54) is 12.1 Å². The maximum Gasteiger partial charge on any atom is 0.255 e. The molecule has 0 radical (unpaired) electrons. The van der Waals surface area contributed by atoms with Crippen molar-refractivity contribution in [2.45, 2.75) is 20.8 Å². The second-order valence-electron chi connectivity index (χ2n) is 5.30. The summed E-state index contributed by atoms with van der Waals surface area (Å²) in [4.78, 5) is 12.7. The third-order valence-corrected chi connectivity index (χ3v) is 4.46. The Labute approximate surface area is 173 Å². The number of carbonyl (C=O) groups is 1. The molecule has 1 N–H and O–H groups in total. The SMILES string of the molecule is CCOc1cc(C(=O)Nc2cc(Cl)c(Cl)cc2Cl)cc(OCC)c1OCC. The third-order valence-electron chi connectivity index (χ3n) is 3.43. The molecule has 27 heavy (non-hydrogen) atoms. The molecule has 0 fully saturated rings. The molecule has 0 bridgehead atoms. The van der Waals surface area contributed by atoms with Gasteiger partial charge in [-0.05, 0) is 45.0 Å². The van der Waals surface area contributed by atoms with E-state index >= 15 is 0 Å². The van der Waals surface area contributed by atoms with Gasteiger partial charge >= 0.3 is 0 Å². The Bertz CT molecular complexity index is 800. The molecule has 0 saturated heterocycles. The lowest BCUT2D eigenvalue weighted by atomic mass is 10.1. The van der Waals surface area contributed by atoms with Gasteiger partial charge in [-0.3, -0.25) is 4.79 Å². The van der Waals surface area contributed by atoms with E-state index in [0.717, 1.165) is 0 Å². The van der Waals surface area contributed by atoms with Gasteiger partial charge in [0.05, 0.1) is 40.6 Å². The van der Waals surface area contributed by atoms with Crippen LogP contribution in [0.25, 0.3) is 0 Å². The van der Waals surface area contributed by atoms with Crippen molar-refractivity contribution in [3.05, 3.63) is 44.9 Å². The number of nitrogens with one attached hydrogen (secondary N) is 1. The fourth-order valence-corrected chi connectivity index (χ4v) is 2.93. The number of rotatable bonds is 8. The molecular weight excluding hydrogens is 413 g/mol. The molecule has 8 heteroatoms. The zero-order valence-electron chi connectivity index (χ0n) is 15.2. The van der Waals surface area contributed by atoms with Gasteiger partial charge in [0, 0.05) is 5.56 Å². The predicted molar refractivity (Wildman–Crippen MR) is 109 cm³/mol. The second kappa shape index (κ2) is 9.93. The lowest BCUT2D eigenvalue weighted by Gasteiger charge is -2.17. The number of anilines is 1. The van der Waals surface area contributed by atoms with Crippen LogP contribution in [0.2, 0.25) is 15.1 Å². The van der Waals surface area contributed by atoms with Crippen molar-refractivity contribution < 1.29 is 19.0 Å². The molecule has 146 valence electrons. The Morgan fingerprint density at radius 2 is 1.33 bits per heavy atom. The van der Waals surface area contributed by atoms with Crippen LogP contribution in [0.3, 0.4) is 0 Å². The highest BCUT2D eigenvalue weighted by atomic mass is 35.5. The van der Waals surface area contributed by atoms with E-state index in [1.807, 2.05) is 20.8 Å². The predicted octanol–water partition coefficient (Wildman–Crippen LogP) is 6.10. The molecule has 2 rings (SSSR count). The summed E-state index contributed by atoms with van der Waals surface area (Å²) in [5.74, 6) is 0.914. The summed E-state index contributed by atoms with van der Waals surface area (Å²) in [6.45, 7) is 6.81. The quantitative estimate of drug-likeness (QED) is 0.512. The molecule has 0 saturated carbocycles. The minimum Gasteiger partial charge on any atom is -0.490 e. The first-order chi connectivity index (χ1) is 12.9. The maximum atomic E-state index is 12.7. The minimum absolute atomic E-state index is 0.277. The van der Waals surface area contributed by atoms with Crippen LogP contribution in [0.1, 0.15) is 31.1 Å². The lowest BCUT2D eigenvalue weighted by molar-refractivity contribution is 0.102. The number of benzene rings is 2. The average Bonchev–Trinajstić information content (AvgIpc) is 2.62. The highest BCUT2D eigenvalue weighted by Gasteiger charge is 2.19. The summed E-state index contributed by atoms with van der Waals surface area (Å²) < 4.78 is 16.9. The number of halogens is 3. The Kier molecular flexibility index (Phi) is 7.90. The van der Waals surface area contributed by atoms with Gasteiger partial charge in [0.1, 0.15) is 0 Å². The first-order valence-electron chi connectivity index (χ1n) is 8.43. The van der Waals surface area contributed by atoms with Gasteiger partial charge in [0.15, 0.2) is 11.5 Å². The summed E-state index contributed by atoms with van der Waals surface area (Å²) in [5, 5.41) is 3.58. The monoisotopic (exact) mass is 431 g/mol. The van der Waals surface area contributed by atoms with E-state index < -0.39 is 5.91 Å². The number of amides is 1. The fraction of sp³-hybridized carbons (Fsp3) is 0.316. The van der Waals surface area contributed by atoms with Gasteiger partial charge in [0.25, 0.3) is 5.91 Å². The normalized spacial score (nSPS) is 10.4. The molecular formula is C19H20Cl3NO4. The van der Waals surface area contributed by atoms with E-state index in [4.69, 9.17) is 49.0 Å². The van der Waals surface area contributed by atoms with Gasteiger partial charge in [0.2, 0.25) is 5.75 Å². The summed E-state index contributed by atoms with van der Waals surface area (Å²) in [6, 6.07) is 6.15. The molecule has 1 amide bonds. The van der Waals surface area contributed by atoms with Crippen LogP contribution in [0.5, 0.6) is 17.2 Å². The molecule has 0 atom stereocenters. The van der Waals surface area contributed by atoms with Crippen LogP contribution >= 0.6 is 34.8 Å².